The van der Waals surface area contributed by atoms with Crippen molar-refractivity contribution < 1.29 is 58.1 Å². The maximum Gasteiger partial charge on any atom is 0.329 e. The molecule has 3 saturated heterocycles. The minimum Gasteiger partial charge on any atom is -0.461 e. The van der Waals surface area contributed by atoms with E-state index in [-0.39, 0.29) is 67.6 Å². The summed E-state index contributed by atoms with van der Waals surface area (Å²) in [5.74, 6) is -5.00. The van der Waals surface area contributed by atoms with E-state index < -0.39 is 59.8 Å². The molecule has 3 N–H and O–H groups in total. The van der Waals surface area contributed by atoms with Crippen molar-refractivity contribution in [3.05, 3.63) is 59.8 Å². The van der Waals surface area contributed by atoms with E-state index in [1.54, 1.807) is 21.1 Å². The smallest absolute Gasteiger partial charge is 0.329 e. The first-order chi connectivity index (χ1) is 33.9. The van der Waals surface area contributed by atoms with Gasteiger partial charge in [0.05, 0.1) is 44.7 Å². The number of carbonyl (C=O) groups is 3. The van der Waals surface area contributed by atoms with Crippen LogP contribution in [0.2, 0.25) is 0 Å². The van der Waals surface area contributed by atoms with Crippen molar-refractivity contribution in [2.45, 2.75) is 186 Å². The molecule has 0 aromatic rings. The minimum absolute atomic E-state index is 0.00250. The molecule has 0 radical (unpaired) electrons. The summed E-state index contributed by atoms with van der Waals surface area (Å²) in [6.45, 7) is 21.7. The average molecular weight is 997 g/mol. The quantitative estimate of drug-likeness (QED) is 0.117. The lowest BCUT2D eigenvalue weighted by atomic mass is 9.78. The third kappa shape index (κ3) is 16.2. The Labute approximate surface area is 426 Å². The van der Waals surface area contributed by atoms with Crippen molar-refractivity contribution in [1.29, 1.82) is 0 Å². The number of hydrogen-bond acceptors (Lipinski definition) is 13. The minimum atomic E-state index is -2.36. The van der Waals surface area contributed by atoms with Gasteiger partial charge in [0.1, 0.15) is 24.4 Å². The number of piperidine rings is 1. The van der Waals surface area contributed by atoms with E-state index in [9.17, 15) is 29.7 Å². The average Bonchev–Trinajstić information content (AvgIpc) is 3.36. The summed E-state index contributed by atoms with van der Waals surface area (Å²) in [4.78, 5) is 47.3. The second kappa shape index (κ2) is 28.6. The van der Waals surface area contributed by atoms with Gasteiger partial charge < -0.3 is 48.6 Å². The van der Waals surface area contributed by atoms with Crippen molar-refractivity contribution in [1.82, 2.24) is 9.80 Å². The Morgan fingerprint density at radius 1 is 0.831 bits per heavy atom. The molecule has 14 heteroatoms. The van der Waals surface area contributed by atoms with Gasteiger partial charge in [-0.3, -0.25) is 14.5 Å². The lowest BCUT2D eigenvalue weighted by molar-refractivity contribution is -0.265. The van der Waals surface area contributed by atoms with Crippen molar-refractivity contribution in [3.8, 4) is 0 Å². The second-order valence-corrected chi connectivity index (χ2v) is 21.9. The van der Waals surface area contributed by atoms with E-state index in [1.807, 2.05) is 19.1 Å². The number of aliphatic hydroxyl groups is 3. The SMILES string of the molecule is C=C1C(C)CC(C)/C=C/C=C/C=C(\C)C(N2CCOCC2)CC2CCC(C)C(O)(O2)C(=O)C(=O)N2CCCCC2C(=O)OC(C(C)CC2CCC(OCCO)C(OC)C2)CCC(C)/C=C(\C)C(O)C1OC. The lowest BCUT2D eigenvalue weighted by Gasteiger charge is -2.44. The molecular formula is C57H92N2O12. The van der Waals surface area contributed by atoms with Crippen LogP contribution in [0, 0.1) is 35.5 Å². The number of allylic oxidation sites excluding steroid dienone is 6. The number of esters is 1. The molecule has 0 aromatic heterocycles. The molecule has 1 amide bonds. The van der Waals surface area contributed by atoms with Gasteiger partial charge in [0.15, 0.2) is 0 Å². The summed E-state index contributed by atoms with van der Waals surface area (Å²) in [5, 5.41) is 33.4. The molecule has 2 bridgehead atoms. The highest BCUT2D eigenvalue weighted by atomic mass is 16.6. The summed E-state index contributed by atoms with van der Waals surface area (Å²) in [7, 11) is 3.30. The predicted octanol–water partition coefficient (Wildman–Crippen LogP) is 7.69. The number of rotatable bonds is 9. The molecule has 0 aromatic carbocycles. The maximum atomic E-state index is 14.6. The summed E-state index contributed by atoms with van der Waals surface area (Å²) >= 11 is 0. The number of ether oxygens (including phenoxy) is 6. The Balaban J connectivity index is 1.46. The molecular weight excluding hydrogens is 905 g/mol. The molecule has 4 heterocycles. The molecule has 402 valence electrons. The molecule has 0 spiro atoms. The Hall–Kier alpha value is -3.05. The maximum absolute atomic E-state index is 14.6. The summed E-state index contributed by atoms with van der Waals surface area (Å²) < 4.78 is 36.4. The largest absolute Gasteiger partial charge is 0.461 e. The van der Waals surface area contributed by atoms with Crippen LogP contribution >= 0.6 is 0 Å². The fourth-order valence-corrected chi connectivity index (χ4v) is 11.9. The molecule has 71 heavy (non-hydrogen) atoms. The summed E-state index contributed by atoms with van der Waals surface area (Å²) in [6.07, 6.45) is 18.2. The molecule has 5 aliphatic rings. The Morgan fingerprint density at radius 3 is 2.28 bits per heavy atom. The first-order valence-corrected chi connectivity index (χ1v) is 27.0. The highest BCUT2D eigenvalue weighted by Gasteiger charge is 2.53. The van der Waals surface area contributed by atoms with E-state index in [0.717, 1.165) is 61.9 Å². The topological polar surface area (TPSA) is 174 Å². The van der Waals surface area contributed by atoms with E-state index in [1.165, 1.54) is 4.90 Å². The summed E-state index contributed by atoms with van der Waals surface area (Å²) in [6, 6.07) is -1.06. The van der Waals surface area contributed by atoms with E-state index >= 15 is 0 Å². The van der Waals surface area contributed by atoms with E-state index in [2.05, 4.69) is 70.4 Å². The van der Waals surface area contributed by atoms with Crippen molar-refractivity contribution in [3.63, 3.8) is 0 Å². The van der Waals surface area contributed by atoms with Crippen LogP contribution in [0.1, 0.15) is 132 Å². The van der Waals surface area contributed by atoms with Crippen molar-refractivity contribution >= 4 is 17.7 Å². The second-order valence-electron chi connectivity index (χ2n) is 21.9. The Morgan fingerprint density at radius 2 is 1.58 bits per heavy atom. The van der Waals surface area contributed by atoms with Crippen LogP contribution in [0.3, 0.4) is 0 Å². The van der Waals surface area contributed by atoms with Gasteiger partial charge in [-0.15, -0.1) is 0 Å². The van der Waals surface area contributed by atoms with Gasteiger partial charge >= 0.3 is 5.97 Å². The van der Waals surface area contributed by atoms with Crippen molar-refractivity contribution in [2.75, 3.05) is 60.3 Å². The van der Waals surface area contributed by atoms with Gasteiger partial charge in [-0.2, -0.15) is 0 Å². The van der Waals surface area contributed by atoms with Crippen LogP contribution in [0.5, 0.6) is 0 Å². The van der Waals surface area contributed by atoms with Gasteiger partial charge in [-0.05, 0) is 138 Å². The number of methoxy groups -OCH3 is 2. The van der Waals surface area contributed by atoms with Gasteiger partial charge in [0.2, 0.25) is 5.79 Å². The highest BCUT2D eigenvalue weighted by Crippen LogP contribution is 2.39. The monoisotopic (exact) mass is 997 g/mol. The standard InChI is InChI=1S/C57H92N2O12/c1-37-16-12-11-13-17-39(3)48(58-26-29-68-30-27-58)36-46-22-20-43(7)57(65,71-46)54(62)55(63)59-25-15-14-18-47(59)56(64)70-49(41(5)34-45-21-24-50(69-31-28-60)51(35-45)66-9)23-19-38(2)33-42(6)52(61)53(67-10)44(8)40(4)32-37/h11-13,16-17,33,37-38,40-41,43,45-53,60-61,65H,8,14-15,18-32,34-36H2,1-7,9-10H3/b13-11+,16-12+,39-17+,42-33+. The zero-order valence-corrected chi connectivity index (χ0v) is 44.8. The molecule has 1 aliphatic carbocycles. The third-order valence-corrected chi connectivity index (χ3v) is 16.4. The number of morpholine rings is 1. The van der Waals surface area contributed by atoms with Gasteiger partial charge in [-0.25, -0.2) is 4.79 Å². The number of fused-ring (bicyclic) bond motifs is 3. The fourth-order valence-electron chi connectivity index (χ4n) is 11.9. The zero-order chi connectivity index (χ0) is 51.8. The normalized spacial score (nSPS) is 39.5. The van der Waals surface area contributed by atoms with Crippen LogP contribution in [0.25, 0.3) is 0 Å². The number of hydrogen-bond donors (Lipinski definition) is 3. The molecule has 14 nitrogen and oxygen atoms in total. The van der Waals surface area contributed by atoms with Crippen LogP contribution in [-0.4, -0.2) is 158 Å². The third-order valence-electron chi connectivity index (χ3n) is 16.4. The number of ketones is 1. The molecule has 15 unspecified atom stereocenters. The molecule has 1 saturated carbocycles. The molecule has 4 fully saturated rings. The van der Waals surface area contributed by atoms with Crippen molar-refractivity contribution in [2.24, 2.45) is 35.5 Å². The zero-order valence-electron chi connectivity index (χ0n) is 44.8. The van der Waals surface area contributed by atoms with E-state index in [4.69, 9.17) is 28.4 Å². The number of Topliss-reactive ketones (excluding diaryl/α,β-unsaturated/α-hetero) is 1. The van der Waals surface area contributed by atoms with Crippen LogP contribution in [-0.2, 0) is 42.8 Å². The molecule has 5 rings (SSSR count). The van der Waals surface area contributed by atoms with Gasteiger partial charge in [-0.1, -0.05) is 83.2 Å². The van der Waals surface area contributed by atoms with Gasteiger partial charge in [0, 0.05) is 45.8 Å². The highest BCUT2D eigenvalue weighted by molar-refractivity contribution is 6.39. The number of carbonyl (C=O) groups excluding carboxylic acids is 3. The Kier molecular flexibility index (Phi) is 23.7. The lowest BCUT2D eigenvalue weighted by Crippen LogP contribution is -2.61. The number of aliphatic hydroxyl groups excluding tert-OH is 2. The molecule has 4 aliphatic heterocycles. The first-order valence-electron chi connectivity index (χ1n) is 27.0. The van der Waals surface area contributed by atoms with Gasteiger partial charge in [0.25, 0.3) is 11.7 Å². The number of cyclic esters (lactones) is 1. The first kappa shape index (κ1) is 58.8. The Bertz CT molecular complexity index is 1840. The van der Waals surface area contributed by atoms with Crippen LogP contribution < -0.4 is 0 Å². The fraction of sp³-hybridized carbons (Fsp3) is 0.772. The predicted molar refractivity (Wildman–Crippen MR) is 275 cm³/mol. The number of amides is 1. The summed E-state index contributed by atoms with van der Waals surface area (Å²) in [5.41, 5.74) is 2.72. The number of nitrogens with zero attached hydrogens (tertiary/aromatic N) is 2. The van der Waals surface area contributed by atoms with Crippen LogP contribution in [0.4, 0.5) is 0 Å². The molecule has 15 atom stereocenters. The van der Waals surface area contributed by atoms with E-state index in [0.29, 0.717) is 64.6 Å². The van der Waals surface area contributed by atoms with Crippen LogP contribution in [0.15, 0.2) is 59.8 Å².